The molecule has 4 nitrogen and oxygen atoms in total. The van der Waals surface area contributed by atoms with E-state index in [4.69, 9.17) is 11.6 Å². The Morgan fingerprint density at radius 1 is 1.19 bits per heavy atom. The van der Waals surface area contributed by atoms with Gasteiger partial charge in [0.2, 0.25) is 0 Å². The van der Waals surface area contributed by atoms with Crippen LogP contribution in [0.5, 0.6) is 0 Å². The van der Waals surface area contributed by atoms with Gasteiger partial charge in [0.05, 0.1) is 4.34 Å². The Labute approximate surface area is 183 Å². The molecule has 3 aromatic rings. The normalized spacial score (nSPS) is 12.7. The van der Waals surface area contributed by atoms with Crippen LogP contribution in [0.15, 0.2) is 47.5 Å². The van der Waals surface area contributed by atoms with Gasteiger partial charge in [-0.05, 0) is 36.1 Å². The van der Waals surface area contributed by atoms with E-state index < -0.39 is 6.10 Å². The first-order valence-electron chi connectivity index (χ1n) is 8.01. The van der Waals surface area contributed by atoms with Gasteiger partial charge in [-0.2, -0.15) is 0 Å². The first kappa shape index (κ1) is 21.4. The fraction of sp³-hybridized carbons (Fsp3) is 0.278. The number of benzene rings is 1. The van der Waals surface area contributed by atoms with E-state index in [2.05, 4.69) is 27.8 Å². The molecule has 0 aliphatic heterocycles. The van der Waals surface area contributed by atoms with E-state index in [1.54, 1.807) is 29.7 Å². The van der Waals surface area contributed by atoms with Gasteiger partial charge in [-0.1, -0.05) is 29.8 Å². The number of hydrogen-bond donors (Lipinski definition) is 3. The van der Waals surface area contributed by atoms with Crippen LogP contribution in [0.4, 0.5) is 0 Å². The molecular formula is C18H21ClIN3OS2. The van der Waals surface area contributed by atoms with Crippen molar-refractivity contribution in [3.63, 3.8) is 0 Å². The van der Waals surface area contributed by atoms with Crippen LogP contribution in [0.2, 0.25) is 4.34 Å². The van der Waals surface area contributed by atoms with Crippen molar-refractivity contribution in [1.29, 1.82) is 0 Å². The number of guanidine groups is 1. The van der Waals surface area contributed by atoms with Crippen LogP contribution in [0.3, 0.4) is 0 Å². The number of hydrogen-bond acceptors (Lipinski definition) is 4. The van der Waals surface area contributed by atoms with Crippen LogP contribution in [-0.2, 0) is 6.42 Å². The third-order valence-electron chi connectivity index (χ3n) is 3.75. The van der Waals surface area contributed by atoms with Gasteiger partial charge in [-0.15, -0.1) is 46.7 Å². The van der Waals surface area contributed by atoms with Gasteiger partial charge in [-0.25, -0.2) is 0 Å². The number of aliphatic hydroxyl groups excluding tert-OH is 1. The number of aliphatic hydroxyl groups is 1. The van der Waals surface area contributed by atoms with Crippen molar-refractivity contribution in [2.24, 2.45) is 4.99 Å². The zero-order chi connectivity index (χ0) is 17.6. The summed E-state index contributed by atoms with van der Waals surface area (Å²) in [4.78, 5) is 6.39. The summed E-state index contributed by atoms with van der Waals surface area (Å²) < 4.78 is 2.00. The maximum Gasteiger partial charge on any atom is 0.191 e. The Morgan fingerprint density at radius 2 is 2.00 bits per heavy atom. The van der Waals surface area contributed by atoms with Crippen LogP contribution in [0, 0.1) is 0 Å². The summed E-state index contributed by atoms with van der Waals surface area (Å²) in [6, 6.07) is 14.2. The molecule has 140 valence electrons. The lowest BCUT2D eigenvalue weighted by atomic mass is 10.2. The fourth-order valence-electron chi connectivity index (χ4n) is 2.47. The Bertz CT molecular complexity index is 832. The molecule has 8 heteroatoms. The number of nitrogens with zero attached hydrogens (tertiary/aromatic N) is 1. The summed E-state index contributed by atoms with van der Waals surface area (Å²) in [5.41, 5.74) is 0. The number of rotatable bonds is 6. The molecule has 1 atom stereocenters. The second kappa shape index (κ2) is 10.5. The number of halogens is 2. The van der Waals surface area contributed by atoms with Gasteiger partial charge < -0.3 is 15.7 Å². The lowest BCUT2D eigenvalue weighted by Gasteiger charge is -2.14. The molecule has 3 rings (SSSR count). The van der Waals surface area contributed by atoms with Crippen LogP contribution >= 0.6 is 58.3 Å². The van der Waals surface area contributed by atoms with Crippen LogP contribution in [-0.4, -0.2) is 31.2 Å². The summed E-state index contributed by atoms with van der Waals surface area (Å²) in [6.45, 7) is 1.17. The van der Waals surface area contributed by atoms with Crippen molar-refractivity contribution in [2.45, 2.75) is 12.5 Å². The molecule has 0 fully saturated rings. The second-order valence-corrected chi connectivity index (χ2v) is 8.45. The lowest BCUT2D eigenvalue weighted by Crippen LogP contribution is -2.40. The molecular weight excluding hydrogens is 501 g/mol. The summed E-state index contributed by atoms with van der Waals surface area (Å²) in [6.07, 6.45) is 0.323. The minimum absolute atomic E-state index is 0. The summed E-state index contributed by atoms with van der Waals surface area (Å²) in [7, 11) is 1.73. The standard InChI is InChI=1S/C18H20ClN3OS2.HI/c1-20-18(21-9-8-13-6-7-17(19)24-13)22-11-14(23)16-10-12-4-2-3-5-15(12)25-16;/h2-7,10,14,23H,8-9,11H2,1H3,(H2,20,21,22);1H. The molecule has 2 heterocycles. The van der Waals surface area contributed by atoms with Gasteiger partial charge >= 0.3 is 0 Å². The maximum atomic E-state index is 10.4. The lowest BCUT2D eigenvalue weighted by molar-refractivity contribution is 0.184. The van der Waals surface area contributed by atoms with E-state index in [1.165, 1.54) is 15.0 Å². The van der Waals surface area contributed by atoms with Crippen molar-refractivity contribution in [2.75, 3.05) is 20.1 Å². The fourth-order valence-corrected chi connectivity index (χ4v) is 4.61. The molecule has 0 aliphatic rings. The SMILES string of the molecule is CN=C(NCCc1ccc(Cl)s1)NCC(O)c1cc2ccccc2s1.I. The highest BCUT2D eigenvalue weighted by molar-refractivity contribution is 14.0. The molecule has 26 heavy (non-hydrogen) atoms. The van der Waals surface area contributed by atoms with Gasteiger partial charge in [-0.3, -0.25) is 4.99 Å². The van der Waals surface area contributed by atoms with Gasteiger partial charge in [0, 0.05) is 34.6 Å². The first-order valence-corrected chi connectivity index (χ1v) is 10.0. The zero-order valence-corrected chi connectivity index (χ0v) is 19.0. The highest BCUT2D eigenvalue weighted by Crippen LogP contribution is 2.29. The number of aliphatic imine (C=N–C) groups is 1. The third kappa shape index (κ3) is 5.82. The van der Waals surface area contributed by atoms with Gasteiger partial charge in [0.1, 0.15) is 6.10 Å². The first-order chi connectivity index (χ1) is 12.2. The largest absolute Gasteiger partial charge is 0.386 e. The topological polar surface area (TPSA) is 56.7 Å². The quantitative estimate of drug-likeness (QED) is 0.251. The van der Waals surface area contributed by atoms with Gasteiger partial charge in [0.15, 0.2) is 5.96 Å². The Morgan fingerprint density at radius 3 is 2.69 bits per heavy atom. The third-order valence-corrected chi connectivity index (χ3v) is 6.26. The number of fused-ring (bicyclic) bond motifs is 1. The monoisotopic (exact) mass is 521 g/mol. The number of nitrogens with one attached hydrogen (secondary N) is 2. The minimum atomic E-state index is -0.563. The highest BCUT2D eigenvalue weighted by Gasteiger charge is 2.12. The summed E-state index contributed by atoms with van der Waals surface area (Å²) >= 11 is 9.15. The number of thiophene rings is 2. The van der Waals surface area contributed by atoms with E-state index in [1.807, 2.05) is 30.3 Å². The maximum absolute atomic E-state index is 10.4. The molecule has 0 saturated carbocycles. The van der Waals surface area contributed by atoms with Crippen LogP contribution < -0.4 is 10.6 Å². The molecule has 3 N–H and O–H groups in total. The van der Waals surface area contributed by atoms with Crippen molar-refractivity contribution in [3.8, 4) is 0 Å². The molecule has 0 aliphatic carbocycles. The zero-order valence-electron chi connectivity index (χ0n) is 14.2. The smallest absolute Gasteiger partial charge is 0.191 e. The van der Waals surface area contributed by atoms with Crippen molar-refractivity contribution in [3.05, 3.63) is 56.6 Å². The van der Waals surface area contributed by atoms with Gasteiger partial charge in [0.25, 0.3) is 0 Å². The average Bonchev–Trinajstić information content (AvgIpc) is 3.23. The predicted octanol–water partition coefficient (Wildman–Crippen LogP) is 4.68. The molecule has 0 radical (unpaired) electrons. The Balaban J connectivity index is 0.00000243. The van der Waals surface area contributed by atoms with Crippen molar-refractivity contribution < 1.29 is 5.11 Å². The molecule has 1 unspecified atom stereocenters. The van der Waals surface area contributed by atoms with Crippen molar-refractivity contribution >= 4 is 74.3 Å². The van der Waals surface area contributed by atoms with E-state index in [9.17, 15) is 5.11 Å². The Kier molecular flexibility index (Phi) is 8.62. The average molecular weight is 522 g/mol. The van der Waals surface area contributed by atoms with Crippen LogP contribution in [0.25, 0.3) is 10.1 Å². The molecule has 2 aromatic heterocycles. The second-order valence-electron chi connectivity index (χ2n) is 5.54. The molecule has 1 aromatic carbocycles. The molecule has 0 bridgehead atoms. The predicted molar refractivity (Wildman–Crippen MR) is 125 cm³/mol. The molecule has 0 saturated heterocycles. The van der Waals surface area contributed by atoms with Crippen molar-refractivity contribution in [1.82, 2.24) is 10.6 Å². The Hall–Kier alpha value is -0.870. The minimum Gasteiger partial charge on any atom is -0.386 e. The van der Waals surface area contributed by atoms with E-state index in [-0.39, 0.29) is 24.0 Å². The van der Waals surface area contributed by atoms with E-state index in [0.717, 1.165) is 22.2 Å². The summed E-state index contributed by atoms with van der Waals surface area (Å²) in [5.74, 6) is 0.683. The van der Waals surface area contributed by atoms with Crippen LogP contribution in [0.1, 0.15) is 15.9 Å². The van der Waals surface area contributed by atoms with E-state index in [0.29, 0.717) is 12.5 Å². The van der Waals surface area contributed by atoms with E-state index >= 15 is 0 Å². The molecule has 0 amide bonds. The molecule has 0 spiro atoms. The highest BCUT2D eigenvalue weighted by atomic mass is 127. The summed E-state index contributed by atoms with van der Waals surface area (Å²) in [5, 5.41) is 18.0.